The minimum Gasteiger partial charge on any atom is -0.219 e. The summed E-state index contributed by atoms with van der Waals surface area (Å²) in [5, 5.41) is 1.58. The zero-order valence-corrected chi connectivity index (χ0v) is 14.4. The Balaban J connectivity index is 2.55. The van der Waals surface area contributed by atoms with Crippen molar-refractivity contribution >= 4 is 0 Å². The molecule has 0 unspecified atom stereocenters. The topological polar surface area (TPSA) is 44.6 Å². The molecule has 5 heteroatoms. The van der Waals surface area contributed by atoms with E-state index >= 15 is 0 Å². The molecule has 1 aliphatic carbocycles. The third kappa shape index (κ3) is 4.93. The first kappa shape index (κ1) is 17.2. The fraction of sp³-hybridized carbons (Fsp3) is 1.00. The molecular weight excluding hydrogens is 254 g/mol. The standard InChI is InChI=1S/C15H32N3O2/c1-13(2,3)17(8)18(19)16-20-12-9-14(4,5)11-15(6,7)10-12/h12H,9-11H2,1-8H3,(H,16,19)/q+1. The van der Waals surface area contributed by atoms with Crippen molar-refractivity contribution in [3.05, 3.63) is 4.91 Å². The molecular formula is C15H32N3O2+. The predicted molar refractivity (Wildman–Crippen MR) is 80.6 cm³/mol. The highest BCUT2D eigenvalue weighted by atomic mass is 16.7. The van der Waals surface area contributed by atoms with Crippen molar-refractivity contribution in [3.8, 4) is 0 Å². The van der Waals surface area contributed by atoms with E-state index in [2.05, 4.69) is 33.3 Å². The fourth-order valence-electron chi connectivity index (χ4n) is 3.28. The van der Waals surface area contributed by atoms with Crippen molar-refractivity contribution < 1.29 is 9.82 Å². The van der Waals surface area contributed by atoms with Crippen molar-refractivity contribution in [3.63, 3.8) is 0 Å². The number of nitrogens with one attached hydrogen (secondary N) is 1. The molecule has 0 atom stereocenters. The summed E-state index contributed by atoms with van der Waals surface area (Å²) in [4.78, 5) is 18.3. The van der Waals surface area contributed by atoms with E-state index in [9.17, 15) is 4.91 Å². The van der Waals surface area contributed by atoms with Gasteiger partial charge in [-0.15, -0.1) is 5.01 Å². The zero-order valence-electron chi connectivity index (χ0n) is 14.4. The molecule has 0 bridgehead atoms. The third-order valence-electron chi connectivity index (χ3n) is 4.06. The molecule has 5 nitrogen and oxygen atoms in total. The highest BCUT2D eigenvalue weighted by Gasteiger charge is 2.40. The highest BCUT2D eigenvalue weighted by Crippen LogP contribution is 2.46. The van der Waals surface area contributed by atoms with Crippen LogP contribution >= 0.6 is 0 Å². The van der Waals surface area contributed by atoms with Gasteiger partial charge in [-0.05, 0) is 50.9 Å². The molecule has 1 fully saturated rings. The van der Waals surface area contributed by atoms with E-state index < -0.39 is 0 Å². The van der Waals surface area contributed by atoms with Gasteiger partial charge in [0, 0.05) is 5.59 Å². The van der Waals surface area contributed by atoms with Crippen molar-refractivity contribution in [1.82, 2.24) is 10.6 Å². The Hall–Kier alpha value is -0.840. The summed E-state index contributed by atoms with van der Waals surface area (Å²) >= 11 is 0. The van der Waals surface area contributed by atoms with Gasteiger partial charge in [-0.1, -0.05) is 27.7 Å². The minimum atomic E-state index is -0.247. The Kier molecular flexibility index (Phi) is 4.74. The highest BCUT2D eigenvalue weighted by molar-refractivity contribution is 4.89. The SMILES string of the molecule is CN([N+](=O)NOC1CC(C)(C)CC(C)(C)C1)C(C)(C)C. The van der Waals surface area contributed by atoms with Crippen LogP contribution in [0.2, 0.25) is 0 Å². The van der Waals surface area contributed by atoms with Crippen LogP contribution in [0.5, 0.6) is 0 Å². The smallest absolute Gasteiger partial charge is 0.219 e. The molecule has 0 aromatic heterocycles. The van der Waals surface area contributed by atoms with Crippen LogP contribution in [-0.4, -0.2) is 28.7 Å². The summed E-state index contributed by atoms with van der Waals surface area (Å²) in [5.74, 6) is 0. The Labute approximate surface area is 123 Å². The molecule has 0 aliphatic heterocycles. The van der Waals surface area contributed by atoms with Gasteiger partial charge in [0.15, 0.2) is 0 Å². The van der Waals surface area contributed by atoms with Gasteiger partial charge in [0.25, 0.3) is 4.98 Å². The number of nitrogens with zero attached hydrogens (tertiary/aromatic N) is 2. The first-order chi connectivity index (χ1) is 8.82. The van der Waals surface area contributed by atoms with Crippen LogP contribution in [0.3, 0.4) is 0 Å². The Morgan fingerprint density at radius 1 is 1.15 bits per heavy atom. The molecule has 20 heavy (non-hydrogen) atoms. The second-order valence-corrected chi connectivity index (χ2v) is 8.71. The molecule has 1 saturated carbocycles. The van der Waals surface area contributed by atoms with Gasteiger partial charge in [0.05, 0.1) is 23.6 Å². The van der Waals surface area contributed by atoms with E-state index in [1.807, 2.05) is 20.8 Å². The van der Waals surface area contributed by atoms with Crippen molar-refractivity contribution in [1.29, 1.82) is 0 Å². The normalized spacial score (nSPS) is 22.4. The van der Waals surface area contributed by atoms with Gasteiger partial charge >= 0.3 is 0 Å². The quantitative estimate of drug-likeness (QED) is 0.635. The number of nitroso groups, excluding NO2 is 1. The molecule has 1 aliphatic rings. The maximum Gasteiger partial charge on any atom is 0.274 e. The average molecular weight is 286 g/mol. The molecule has 0 spiro atoms. The van der Waals surface area contributed by atoms with Crippen LogP contribution in [0.15, 0.2) is 0 Å². The van der Waals surface area contributed by atoms with E-state index in [0.717, 1.165) is 12.8 Å². The molecule has 0 aromatic carbocycles. The molecule has 0 radical (unpaired) electrons. The van der Waals surface area contributed by atoms with Gasteiger partial charge in [0.2, 0.25) is 0 Å². The number of hydrazine groups is 2. The number of hydrogen-bond donors (Lipinski definition) is 1. The lowest BCUT2D eigenvalue weighted by Gasteiger charge is -2.43. The maximum atomic E-state index is 12.0. The van der Waals surface area contributed by atoms with E-state index in [-0.39, 0.29) is 22.5 Å². The molecule has 0 saturated heterocycles. The fourth-order valence-corrected chi connectivity index (χ4v) is 3.28. The lowest BCUT2D eigenvalue weighted by molar-refractivity contribution is -0.797. The van der Waals surface area contributed by atoms with Crippen molar-refractivity contribution in [2.75, 3.05) is 7.05 Å². The summed E-state index contributed by atoms with van der Waals surface area (Å²) in [6.45, 7) is 15.0. The molecule has 0 aromatic rings. The van der Waals surface area contributed by atoms with Crippen molar-refractivity contribution in [2.45, 2.75) is 79.4 Å². The Morgan fingerprint density at radius 3 is 2.00 bits per heavy atom. The van der Waals surface area contributed by atoms with Crippen LogP contribution < -0.4 is 5.59 Å². The predicted octanol–water partition coefficient (Wildman–Crippen LogP) is 3.45. The van der Waals surface area contributed by atoms with E-state index in [0.29, 0.717) is 4.98 Å². The van der Waals surface area contributed by atoms with Gasteiger partial charge < -0.3 is 0 Å². The van der Waals surface area contributed by atoms with Crippen LogP contribution in [0.25, 0.3) is 0 Å². The van der Waals surface area contributed by atoms with Crippen molar-refractivity contribution in [2.24, 2.45) is 10.8 Å². The van der Waals surface area contributed by atoms with Gasteiger partial charge in [-0.25, -0.2) is 4.84 Å². The average Bonchev–Trinajstić information content (AvgIpc) is 2.19. The molecule has 0 amide bonds. The van der Waals surface area contributed by atoms with Crippen LogP contribution in [0.1, 0.15) is 67.7 Å². The maximum absolute atomic E-state index is 12.0. The van der Waals surface area contributed by atoms with Crippen LogP contribution in [0.4, 0.5) is 0 Å². The molecule has 118 valence electrons. The summed E-state index contributed by atoms with van der Waals surface area (Å²) in [6.07, 6.45) is 3.19. The summed E-state index contributed by atoms with van der Waals surface area (Å²) in [5.41, 5.74) is 2.79. The molecule has 1 N–H and O–H groups in total. The van der Waals surface area contributed by atoms with E-state index in [4.69, 9.17) is 4.84 Å². The number of rotatable bonds is 4. The Bertz CT molecular complexity index is 343. The zero-order chi connectivity index (χ0) is 15.8. The lowest BCUT2D eigenvalue weighted by Crippen LogP contribution is -2.51. The Morgan fingerprint density at radius 2 is 1.60 bits per heavy atom. The van der Waals surface area contributed by atoms with Crippen LogP contribution in [-0.2, 0) is 4.84 Å². The van der Waals surface area contributed by atoms with Crippen LogP contribution in [0, 0.1) is 15.7 Å². The minimum absolute atomic E-state index is 0.0681. The summed E-state index contributed by atoms with van der Waals surface area (Å²) in [6, 6.07) is 0. The largest absolute Gasteiger partial charge is 0.274 e. The van der Waals surface area contributed by atoms with Gasteiger partial charge in [-0.2, -0.15) is 0 Å². The summed E-state index contributed by atoms with van der Waals surface area (Å²) < 4.78 is 0. The monoisotopic (exact) mass is 286 g/mol. The first-order valence-electron chi connectivity index (χ1n) is 7.45. The second-order valence-electron chi connectivity index (χ2n) is 8.71. The van der Waals surface area contributed by atoms with Gasteiger partial charge in [-0.3, -0.25) is 0 Å². The van der Waals surface area contributed by atoms with E-state index in [1.54, 1.807) is 12.1 Å². The first-order valence-corrected chi connectivity index (χ1v) is 7.45. The third-order valence-corrected chi connectivity index (χ3v) is 4.06. The molecule has 1 rings (SSSR count). The molecule has 0 heterocycles. The summed E-state index contributed by atoms with van der Waals surface area (Å²) in [7, 11) is 1.75. The lowest BCUT2D eigenvalue weighted by atomic mass is 9.64. The van der Waals surface area contributed by atoms with Gasteiger partial charge in [0.1, 0.15) is 0 Å². The number of hydrogen-bond acceptors (Lipinski definition) is 2. The second kappa shape index (κ2) is 5.51. The van der Waals surface area contributed by atoms with E-state index in [1.165, 1.54) is 6.42 Å².